The molecule has 3 aliphatic rings. The third-order valence-corrected chi connectivity index (χ3v) is 7.32. The standard InChI is InChI=1S/C13H21N3O4S/c17-11-13(15-12(18)14-11)6-8-16(9-7-13)21(19,20)10-4-2-1-3-5-10/h10H,1-9H2,(H2,14,15,17,18). The number of sulfonamides is 1. The maximum atomic E-state index is 12.6. The van der Waals surface area contributed by atoms with Gasteiger partial charge in [0.1, 0.15) is 5.54 Å². The van der Waals surface area contributed by atoms with Crippen molar-refractivity contribution in [1.82, 2.24) is 14.9 Å². The smallest absolute Gasteiger partial charge is 0.322 e. The SMILES string of the molecule is O=C1NC(=O)C2(CCN(S(=O)(=O)C3CCCCC3)CC2)N1. The van der Waals surface area contributed by atoms with Crippen LogP contribution < -0.4 is 10.6 Å². The number of rotatable bonds is 2. The number of urea groups is 1. The van der Waals surface area contributed by atoms with Crippen LogP contribution in [0.25, 0.3) is 0 Å². The van der Waals surface area contributed by atoms with Gasteiger partial charge in [-0.1, -0.05) is 19.3 Å². The van der Waals surface area contributed by atoms with E-state index in [4.69, 9.17) is 0 Å². The van der Waals surface area contributed by atoms with Crippen LogP contribution >= 0.6 is 0 Å². The summed E-state index contributed by atoms with van der Waals surface area (Å²) in [7, 11) is -3.27. The first-order chi connectivity index (χ1) is 9.94. The fraction of sp³-hybridized carbons (Fsp3) is 0.846. The molecule has 0 aromatic carbocycles. The number of imide groups is 1. The molecule has 0 bridgehead atoms. The molecule has 2 N–H and O–H groups in total. The second kappa shape index (κ2) is 5.24. The molecule has 1 spiro atoms. The van der Waals surface area contributed by atoms with Crippen LogP contribution in [-0.4, -0.2) is 48.5 Å². The topological polar surface area (TPSA) is 95.6 Å². The van der Waals surface area contributed by atoms with Crippen LogP contribution in [-0.2, 0) is 14.8 Å². The zero-order valence-corrected chi connectivity index (χ0v) is 12.7. The molecule has 21 heavy (non-hydrogen) atoms. The van der Waals surface area contributed by atoms with Crippen molar-refractivity contribution < 1.29 is 18.0 Å². The summed E-state index contributed by atoms with van der Waals surface area (Å²) in [6.07, 6.45) is 5.22. The van der Waals surface area contributed by atoms with Gasteiger partial charge in [0.15, 0.2) is 0 Å². The summed E-state index contributed by atoms with van der Waals surface area (Å²) >= 11 is 0. The number of piperidine rings is 1. The van der Waals surface area contributed by atoms with E-state index in [1.54, 1.807) is 0 Å². The van der Waals surface area contributed by atoms with Crippen LogP contribution in [0.15, 0.2) is 0 Å². The summed E-state index contributed by atoms with van der Waals surface area (Å²) < 4.78 is 26.8. The van der Waals surface area contributed by atoms with E-state index in [1.807, 2.05) is 0 Å². The highest BCUT2D eigenvalue weighted by Crippen LogP contribution is 2.31. The molecule has 1 saturated carbocycles. The molecular weight excluding hydrogens is 294 g/mol. The number of hydrogen-bond donors (Lipinski definition) is 2. The predicted octanol–water partition coefficient (Wildman–Crippen LogP) is 0.323. The van der Waals surface area contributed by atoms with E-state index < -0.39 is 21.6 Å². The van der Waals surface area contributed by atoms with Crippen molar-refractivity contribution in [2.75, 3.05) is 13.1 Å². The Kier molecular flexibility index (Phi) is 3.69. The molecule has 0 aromatic heterocycles. The van der Waals surface area contributed by atoms with Crippen molar-refractivity contribution in [3.05, 3.63) is 0 Å². The second-order valence-electron chi connectivity index (χ2n) is 6.19. The molecule has 3 amide bonds. The Balaban J connectivity index is 1.68. The van der Waals surface area contributed by atoms with Crippen molar-refractivity contribution in [3.63, 3.8) is 0 Å². The van der Waals surface area contributed by atoms with Crippen molar-refractivity contribution >= 4 is 22.0 Å². The molecule has 8 heteroatoms. The average molecular weight is 315 g/mol. The van der Waals surface area contributed by atoms with Gasteiger partial charge in [0.2, 0.25) is 10.0 Å². The highest BCUT2D eigenvalue weighted by atomic mass is 32.2. The average Bonchev–Trinajstić information content (AvgIpc) is 2.74. The Morgan fingerprint density at radius 1 is 1.05 bits per heavy atom. The van der Waals surface area contributed by atoms with Crippen LogP contribution in [0, 0.1) is 0 Å². The highest BCUT2D eigenvalue weighted by Gasteiger charge is 2.49. The summed E-state index contributed by atoms with van der Waals surface area (Å²) in [6.45, 7) is 0.596. The van der Waals surface area contributed by atoms with E-state index in [0.29, 0.717) is 25.9 Å². The van der Waals surface area contributed by atoms with Gasteiger partial charge in [-0.3, -0.25) is 10.1 Å². The Hall–Kier alpha value is -1.15. The summed E-state index contributed by atoms with van der Waals surface area (Å²) in [5.74, 6) is -0.331. The van der Waals surface area contributed by atoms with Gasteiger partial charge in [0, 0.05) is 13.1 Å². The number of amides is 3. The summed E-state index contributed by atoms with van der Waals surface area (Å²) in [4.78, 5) is 23.1. The molecule has 3 fully saturated rings. The molecule has 0 atom stereocenters. The minimum Gasteiger partial charge on any atom is -0.323 e. The third kappa shape index (κ3) is 2.55. The molecule has 1 aliphatic carbocycles. The van der Waals surface area contributed by atoms with E-state index in [9.17, 15) is 18.0 Å². The van der Waals surface area contributed by atoms with Gasteiger partial charge in [-0.15, -0.1) is 0 Å². The fourth-order valence-electron chi connectivity index (χ4n) is 3.58. The number of hydrogen-bond acceptors (Lipinski definition) is 4. The maximum absolute atomic E-state index is 12.6. The Labute approximate surface area is 124 Å². The molecule has 7 nitrogen and oxygen atoms in total. The number of carbonyl (C=O) groups excluding carboxylic acids is 2. The first-order valence-electron chi connectivity index (χ1n) is 7.57. The quantitative estimate of drug-likeness (QED) is 0.718. The lowest BCUT2D eigenvalue weighted by atomic mass is 9.89. The zero-order valence-electron chi connectivity index (χ0n) is 11.9. The van der Waals surface area contributed by atoms with Crippen LogP contribution in [0.2, 0.25) is 0 Å². The highest BCUT2D eigenvalue weighted by molar-refractivity contribution is 7.89. The van der Waals surface area contributed by atoms with Gasteiger partial charge in [0.25, 0.3) is 5.91 Å². The van der Waals surface area contributed by atoms with Gasteiger partial charge >= 0.3 is 6.03 Å². The summed E-state index contributed by atoms with van der Waals surface area (Å²) in [6, 6.07) is -0.483. The van der Waals surface area contributed by atoms with Crippen LogP contribution in [0.5, 0.6) is 0 Å². The lowest BCUT2D eigenvalue weighted by molar-refractivity contribution is -0.125. The van der Waals surface area contributed by atoms with Crippen molar-refractivity contribution in [3.8, 4) is 0 Å². The molecule has 118 valence electrons. The van der Waals surface area contributed by atoms with Crippen molar-refractivity contribution in [2.24, 2.45) is 0 Å². The number of nitrogens with zero attached hydrogens (tertiary/aromatic N) is 1. The monoisotopic (exact) mass is 315 g/mol. The number of carbonyl (C=O) groups is 2. The van der Waals surface area contributed by atoms with Crippen LogP contribution in [0.1, 0.15) is 44.9 Å². The first kappa shape index (κ1) is 14.8. The molecule has 0 radical (unpaired) electrons. The van der Waals surface area contributed by atoms with Crippen molar-refractivity contribution in [2.45, 2.75) is 55.7 Å². The van der Waals surface area contributed by atoms with E-state index in [2.05, 4.69) is 10.6 Å². The maximum Gasteiger partial charge on any atom is 0.322 e. The largest absolute Gasteiger partial charge is 0.323 e. The normalized spacial score (nSPS) is 27.6. The van der Waals surface area contributed by atoms with Gasteiger partial charge < -0.3 is 5.32 Å². The van der Waals surface area contributed by atoms with Gasteiger partial charge in [-0.05, 0) is 25.7 Å². The van der Waals surface area contributed by atoms with Gasteiger partial charge in [-0.25, -0.2) is 17.5 Å². The minimum absolute atomic E-state index is 0.271. The summed E-state index contributed by atoms with van der Waals surface area (Å²) in [5.41, 5.74) is -0.907. The fourth-order valence-corrected chi connectivity index (χ4v) is 5.62. The lowest BCUT2D eigenvalue weighted by Crippen LogP contribution is -2.56. The van der Waals surface area contributed by atoms with E-state index >= 15 is 0 Å². The third-order valence-electron chi connectivity index (χ3n) is 4.92. The molecule has 2 heterocycles. The zero-order chi connectivity index (χ0) is 15.1. The predicted molar refractivity (Wildman–Crippen MR) is 76.0 cm³/mol. The Bertz CT molecular complexity index is 546. The Morgan fingerprint density at radius 2 is 1.67 bits per heavy atom. The van der Waals surface area contributed by atoms with E-state index in [1.165, 1.54) is 4.31 Å². The van der Waals surface area contributed by atoms with Crippen molar-refractivity contribution in [1.29, 1.82) is 0 Å². The Morgan fingerprint density at radius 3 is 2.19 bits per heavy atom. The molecule has 0 aromatic rings. The molecule has 2 aliphatic heterocycles. The minimum atomic E-state index is -3.27. The second-order valence-corrected chi connectivity index (χ2v) is 8.41. The first-order valence-corrected chi connectivity index (χ1v) is 9.07. The van der Waals surface area contributed by atoms with Gasteiger partial charge in [0.05, 0.1) is 5.25 Å². The van der Waals surface area contributed by atoms with Crippen LogP contribution in [0.3, 0.4) is 0 Å². The molecular formula is C13H21N3O4S. The number of nitrogens with one attached hydrogen (secondary N) is 2. The van der Waals surface area contributed by atoms with Gasteiger partial charge in [-0.2, -0.15) is 0 Å². The van der Waals surface area contributed by atoms with E-state index in [0.717, 1.165) is 32.1 Å². The summed E-state index contributed by atoms with van der Waals surface area (Å²) in [5, 5.41) is 4.62. The molecule has 2 saturated heterocycles. The molecule has 3 rings (SSSR count). The molecule has 0 unspecified atom stereocenters. The lowest BCUT2D eigenvalue weighted by Gasteiger charge is -2.38. The van der Waals surface area contributed by atoms with Crippen LogP contribution in [0.4, 0.5) is 4.79 Å². The van der Waals surface area contributed by atoms with E-state index in [-0.39, 0.29) is 11.2 Å².